The minimum absolute atomic E-state index is 0.283. The molecule has 0 bridgehead atoms. The third-order valence-electron chi connectivity index (χ3n) is 1.78. The zero-order valence-corrected chi connectivity index (χ0v) is 11.2. The van der Waals surface area contributed by atoms with Crippen LogP contribution in [0, 0.1) is 0 Å². The quantitative estimate of drug-likeness (QED) is 0.256. The predicted molar refractivity (Wildman–Crippen MR) is 51.1 cm³/mol. The topological polar surface area (TPSA) is 38.8 Å². The Morgan fingerprint density at radius 3 is 2.07 bits per heavy atom. The molecule has 0 spiro atoms. The van der Waals surface area contributed by atoms with E-state index in [0.29, 0.717) is 23.5 Å². The number of carbonyl (C=O) groups is 1. The van der Waals surface area contributed by atoms with Crippen molar-refractivity contribution < 1.29 is 35.5 Å². The number of alkyl halides is 1. The molecule has 14 heavy (non-hydrogen) atoms. The Kier molecular flexibility index (Phi) is 10.0. The SMILES string of the molecule is COCCN(CCOC)CC(=O)[I-]C. The van der Waals surface area contributed by atoms with Crippen molar-refractivity contribution in [2.24, 2.45) is 0 Å². The van der Waals surface area contributed by atoms with Gasteiger partial charge in [-0.3, -0.25) is 0 Å². The molecule has 0 atom stereocenters. The van der Waals surface area contributed by atoms with Crippen LogP contribution in [0.5, 0.6) is 0 Å². The average Bonchev–Trinajstić information content (AvgIpc) is 2.21. The number of ether oxygens (including phenoxy) is 2. The van der Waals surface area contributed by atoms with Gasteiger partial charge in [0.25, 0.3) is 0 Å². The molecular formula is C9H19INO3-. The summed E-state index contributed by atoms with van der Waals surface area (Å²) in [5.74, 6) is 0. The van der Waals surface area contributed by atoms with Crippen LogP contribution in [-0.2, 0) is 14.3 Å². The zero-order valence-electron chi connectivity index (χ0n) is 9.09. The summed E-state index contributed by atoms with van der Waals surface area (Å²) in [7, 11) is 3.34. The van der Waals surface area contributed by atoms with E-state index in [1.54, 1.807) is 14.2 Å². The molecule has 0 saturated carbocycles. The number of rotatable bonds is 9. The molecule has 0 aliphatic heterocycles. The molecule has 0 aromatic heterocycles. The van der Waals surface area contributed by atoms with E-state index < -0.39 is 0 Å². The summed E-state index contributed by atoms with van der Waals surface area (Å²) < 4.78 is 10.3. The van der Waals surface area contributed by atoms with Crippen LogP contribution in [0.2, 0.25) is 0 Å². The summed E-state index contributed by atoms with van der Waals surface area (Å²) in [6, 6.07) is 0. The maximum absolute atomic E-state index is 11.3. The first-order valence-electron chi connectivity index (χ1n) is 4.47. The molecule has 0 N–H and O–H groups in total. The summed E-state index contributed by atoms with van der Waals surface area (Å²) >= 11 is -0.283. The Balaban J connectivity index is 3.77. The van der Waals surface area contributed by atoms with E-state index in [9.17, 15) is 4.79 Å². The van der Waals surface area contributed by atoms with Gasteiger partial charge < -0.3 is 0 Å². The van der Waals surface area contributed by atoms with E-state index in [-0.39, 0.29) is 21.2 Å². The van der Waals surface area contributed by atoms with Crippen molar-refractivity contribution >= 4 is 3.79 Å². The summed E-state index contributed by atoms with van der Waals surface area (Å²) in [6.45, 7) is 3.49. The van der Waals surface area contributed by atoms with Gasteiger partial charge in [-0.05, 0) is 0 Å². The maximum atomic E-state index is 11.3. The molecule has 4 nitrogen and oxygen atoms in total. The van der Waals surface area contributed by atoms with Crippen molar-refractivity contribution in [1.82, 2.24) is 4.90 Å². The minimum atomic E-state index is -0.283. The van der Waals surface area contributed by atoms with Crippen molar-refractivity contribution in [3.05, 3.63) is 0 Å². The fourth-order valence-corrected chi connectivity index (χ4v) is 1.77. The van der Waals surface area contributed by atoms with Gasteiger partial charge in [-0.25, -0.2) is 0 Å². The van der Waals surface area contributed by atoms with Crippen LogP contribution >= 0.6 is 0 Å². The van der Waals surface area contributed by atoms with Crippen LogP contribution in [-0.4, -0.2) is 60.7 Å². The number of hydrogen-bond acceptors (Lipinski definition) is 4. The van der Waals surface area contributed by atoms with Crippen molar-refractivity contribution in [3.8, 4) is 0 Å². The molecule has 0 rings (SSSR count). The standard InChI is InChI=1S/C9H19INO3/c1-10-9(12)8-11(4-6-13-2)5-7-14-3/h4-8H2,1-3H3/q-1. The second-order valence-electron chi connectivity index (χ2n) is 2.81. The zero-order chi connectivity index (χ0) is 10.8. The second-order valence-corrected chi connectivity index (χ2v) is 5.09. The van der Waals surface area contributed by atoms with Gasteiger partial charge in [0, 0.05) is 0 Å². The van der Waals surface area contributed by atoms with Crippen LogP contribution in [0.3, 0.4) is 0 Å². The average molecular weight is 316 g/mol. The molecule has 0 aliphatic rings. The number of methoxy groups -OCH3 is 2. The van der Waals surface area contributed by atoms with E-state index in [2.05, 4.69) is 4.90 Å². The molecule has 5 heteroatoms. The van der Waals surface area contributed by atoms with Gasteiger partial charge in [0.1, 0.15) is 0 Å². The van der Waals surface area contributed by atoms with Crippen molar-refractivity contribution in [2.75, 3.05) is 52.0 Å². The third-order valence-corrected chi connectivity index (χ3v) is 3.33. The van der Waals surface area contributed by atoms with Crippen molar-refractivity contribution in [1.29, 1.82) is 0 Å². The monoisotopic (exact) mass is 316 g/mol. The number of nitrogens with zero attached hydrogens (tertiary/aromatic N) is 1. The van der Waals surface area contributed by atoms with Gasteiger partial charge in [-0.1, -0.05) is 0 Å². The molecule has 0 radical (unpaired) electrons. The molecule has 0 amide bonds. The van der Waals surface area contributed by atoms with Gasteiger partial charge in [0.2, 0.25) is 0 Å². The Hall–Kier alpha value is 0.280. The van der Waals surface area contributed by atoms with Gasteiger partial charge in [0.05, 0.1) is 0 Å². The second kappa shape index (κ2) is 9.82. The number of carbonyl (C=O) groups excluding carboxylic acids is 1. The van der Waals surface area contributed by atoms with Crippen LogP contribution in [0.15, 0.2) is 0 Å². The van der Waals surface area contributed by atoms with Crippen LogP contribution in [0.1, 0.15) is 0 Å². The molecule has 0 aromatic rings. The molecule has 0 unspecified atom stereocenters. The molecule has 0 aliphatic carbocycles. The Morgan fingerprint density at radius 2 is 1.71 bits per heavy atom. The van der Waals surface area contributed by atoms with E-state index in [1.165, 1.54) is 0 Å². The van der Waals surface area contributed by atoms with E-state index >= 15 is 0 Å². The van der Waals surface area contributed by atoms with Gasteiger partial charge in [-0.15, -0.1) is 0 Å². The molecule has 0 heterocycles. The fourth-order valence-electron chi connectivity index (χ4n) is 0.946. The van der Waals surface area contributed by atoms with Gasteiger partial charge in [0.15, 0.2) is 0 Å². The van der Waals surface area contributed by atoms with Crippen molar-refractivity contribution in [2.45, 2.75) is 0 Å². The fraction of sp³-hybridized carbons (Fsp3) is 0.889. The normalized spacial score (nSPS) is 11.1. The summed E-state index contributed by atoms with van der Waals surface area (Å²) in [5, 5.41) is 0. The van der Waals surface area contributed by atoms with Gasteiger partial charge in [-0.2, -0.15) is 0 Å². The molecule has 86 valence electrons. The first kappa shape index (κ1) is 14.3. The Bertz CT molecular complexity index is 147. The van der Waals surface area contributed by atoms with E-state index in [0.717, 1.165) is 13.1 Å². The molecule has 0 fully saturated rings. The van der Waals surface area contributed by atoms with Crippen LogP contribution in [0.25, 0.3) is 0 Å². The summed E-state index contributed by atoms with van der Waals surface area (Å²) in [4.78, 5) is 15.3. The summed E-state index contributed by atoms with van der Waals surface area (Å²) in [6.07, 6.45) is 0. The number of halogens is 1. The molecule has 0 aromatic carbocycles. The third kappa shape index (κ3) is 7.66. The van der Waals surface area contributed by atoms with E-state index in [4.69, 9.17) is 9.47 Å². The van der Waals surface area contributed by atoms with Crippen molar-refractivity contribution in [3.63, 3.8) is 0 Å². The van der Waals surface area contributed by atoms with Crippen LogP contribution in [0.4, 0.5) is 0 Å². The molecular weight excluding hydrogens is 297 g/mol. The first-order chi connectivity index (χ1) is 6.74. The Morgan fingerprint density at radius 1 is 1.21 bits per heavy atom. The predicted octanol–water partition coefficient (Wildman–Crippen LogP) is -3.17. The number of hydrogen-bond donors (Lipinski definition) is 0. The first-order valence-corrected chi connectivity index (χ1v) is 7.70. The van der Waals surface area contributed by atoms with Crippen LogP contribution < -0.4 is 21.2 Å². The molecule has 0 saturated heterocycles. The van der Waals surface area contributed by atoms with Gasteiger partial charge >= 0.3 is 96.2 Å². The Labute approximate surface area is 96.2 Å². The summed E-state index contributed by atoms with van der Waals surface area (Å²) in [5.41, 5.74) is 0. The van der Waals surface area contributed by atoms with E-state index in [1.807, 2.05) is 4.93 Å².